The van der Waals surface area contributed by atoms with Crippen LogP contribution in [0.2, 0.25) is 5.15 Å². The lowest BCUT2D eigenvalue weighted by molar-refractivity contribution is 0.518. The second-order valence-corrected chi connectivity index (χ2v) is 7.18. The summed E-state index contributed by atoms with van der Waals surface area (Å²) in [6.45, 7) is 2.17. The van der Waals surface area contributed by atoms with Gasteiger partial charge < -0.3 is 15.5 Å². The molecule has 3 heterocycles. The fourth-order valence-corrected chi connectivity index (χ4v) is 4.35. The molecule has 4 rings (SSSR count). The number of fused-ring (bicyclic) bond motifs is 1. The van der Waals surface area contributed by atoms with E-state index in [9.17, 15) is 0 Å². The number of pyridine rings is 1. The highest BCUT2D eigenvalue weighted by Gasteiger charge is 2.26. The molecule has 3 aromatic heterocycles. The summed E-state index contributed by atoms with van der Waals surface area (Å²) in [5, 5.41) is 3.51. The highest BCUT2D eigenvalue weighted by molar-refractivity contribution is 7.20. The van der Waals surface area contributed by atoms with Crippen molar-refractivity contribution in [2.75, 3.05) is 5.32 Å². The molecule has 3 N–H and O–H groups in total. The molecule has 0 spiro atoms. The molecule has 3 aromatic rings. The van der Waals surface area contributed by atoms with E-state index in [-0.39, 0.29) is 5.15 Å². The summed E-state index contributed by atoms with van der Waals surface area (Å²) in [6.07, 6.45) is -3.06. The van der Waals surface area contributed by atoms with E-state index in [1.165, 1.54) is 11.3 Å². The molecule has 0 amide bonds. The number of aryl methyl sites for hydroxylation is 1. The van der Waals surface area contributed by atoms with Gasteiger partial charge in [0, 0.05) is 28.4 Å². The summed E-state index contributed by atoms with van der Waals surface area (Å²) in [6, 6.07) is 2.53. The predicted octanol–water partition coefficient (Wildman–Crippen LogP) is 5.22. The van der Waals surface area contributed by atoms with Crippen LogP contribution in [0.5, 0.6) is 0 Å². The molecule has 0 saturated carbocycles. The Hall–Kier alpha value is -1.82. The van der Waals surface area contributed by atoms with Gasteiger partial charge in [0.15, 0.2) is 0 Å². The van der Waals surface area contributed by atoms with Crippen LogP contribution in [0.3, 0.4) is 0 Å². The smallest absolute Gasteiger partial charge is 0.131 e. The molecule has 130 valence electrons. The summed E-state index contributed by atoms with van der Waals surface area (Å²) < 4.78 is 55.5. The number of aromatic nitrogens is 1. The SMILES string of the molecule is [2H]C1=C([2H])C([2H])([2H])[C@@H](c2sc3c(NCc4ccco4)cc(Cl)nc3c2C)[C@H](N)C1([2H])[2H]. The summed E-state index contributed by atoms with van der Waals surface area (Å²) in [5.41, 5.74) is 8.05. The predicted molar refractivity (Wildman–Crippen MR) is 104 cm³/mol. The van der Waals surface area contributed by atoms with Gasteiger partial charge >= 0.3 is 0 Å². The van der Waals surface area contributed by atoms with Crippen LogP contribution < -0.4 is 11.1 Å². The molecular weight excluding hydrogens is 354 g/mol. The Kier molecular flexibility index (Phi) is 3.01. The maximum absolute atomic E-state index is 8.49. The van der Waals surface area contributed by atoms with E-state index in [2.05, 4.69) is 10.3 Å². The fourth-order valence-electron chi connectivity index (χ4n) is 2.82. The summed E-state index contributed by atoms with van der Waals surface area (Å²) >= 11 is 7.48. The Labute approximate surface area is 164 Å². The van der Waals surface area contributed by atoms with E-state index in [4.69, 9.17) is 30.0 Å². The van der Waals surface area contributed by atoms with Crippen molar-refractivity contribution >= 4 is 38.8 Å². The lowest BCUT2D eigenvalue weighted by Gasteiger charge is -2.24. The first kappa shape index (κ1) is 11.0. The maximum Gasteiger partial charge on any atom is 0.131 e. The van der Waals surface area contributed by atoms with Crippen LogP contribution in [0, 0.1) is 6.92 Å². The van der Waals surface area contributed by atoms with E-state index in [0.717, 1.165) is 10.5 Å². The number of rotatable bonds is 4. The number of hydrogen-bond acceptors (Lipinski definition) is 5. The van der Waals surface area contributed by atoms with Gasteiger partial charge in [0.25, 0.3) is 0 Å². The van der Waals surface area contributed by atoms with Gasteiger partial charge in [-0.05, 0) is 37.4 Å². The number of nitrogens with two attached hydrogens (primary N) is 1. The molecule has 1 aliphatic rings. The first-order valence-electron chi connectivity index (χ1n) is 10.8. The molecule has 2 atom stereocenters. The first-order valence-corrected chi connectivity index (χ1v) is 8.95. The van der Waals surface area contributed by atoms with Crippen molar-refractivity contribution in [3.63, 3.8) is 0 Å². The van der Waals surface area contributed by atoms with Crippen molar-refractivity contribution in [1.29, 1.82) is 0 Å². The monoisotopic (exact) mass is 379 g/mol. The standard InChI is InChI=1S/C19H20ClN3OS/c1-11-17-19(25-18(11)13-6-2-3-7-14(13)21)15(9-16(20)23-17)22-10-12-5-4-8-24-12/h2-5,8-9,13-14H,6-7,10,21H2,1H3,(H,22,23)/t13-,14-/m1/s1/i2D,3D,6D2,7D2. The third-order valence-corrected chi connectivity index (χ3v) is 5.67. The van der Waals surface area contributed by atoms with E-state index < -0.39 is 36.8 Å². The Morgan fingerprint density at radius 3 is 3.16 bits per heavy atom. The lowest BCUT2D eigenvalue weighted by Crippen LogP contribution is -2.29. The van der Waals surface area contributed by atoms with Crippen LogP contribution in [0.25, 0.3) is 10.2 Å². The third-order valence-electron chi connectivity index (χ3n) is 4.08. The van der Waals surface area contributed by atoms with Crippen molar-refractivity contribution in [1.82, 2.24) is 4.98 Å². The number of allylic oxidation sites excluding steroid dienone is 1. The zero-order chi connectivity index (χ0) is 22.7. The van der Waals surface area contributed by atoms with E-state index >= 15 is 0 Å². The van der Waals surface area contributed by atoms with E-state index in [1.54, 1.807) is 25.3 Å². The van der Waals surface area contributed by atoms with Crippen LogP contribution in [0.1, 0.15) is 43.1 Å². The van der Waals surface area contributed by atoms with E-state index in [0.29, 0.717) is 28.2 Å². The van der Waals surface area contributed by atoms with Crippen LogP contribution in [-0.4, -0.2) is 11.0 Å². The van der Waals surface area contributed by atoms with Gasteiger partial charge in [-0.2, -0.15) is 0 Å². The number of nitrogens with one attached hydrogen (secondary N) is 1. The van der Waals surface area contributed by atoms with Crippen molar-refractivity contribution in [3.05, 3.63) is 57.9 Å². The van der Waals surface area contributed by atoms with Gasteiger partial charge in [0.2, 0.25) is 0 Å². The zero-order valence-electron chi connectivity index (χ0n) is 19.4. The summed E-state index contributed by atoms with van der Waals surface area (Å²) in [5.74, 6) is -0.430. The number of furan rings is 1. The number of halogens is 1. The number of anilines is 1. The largest absolute Gasteiger partial charge is 0.467 e. The van der Waals surface area contributed by atoms with Crippen LogP contribution in [0.15, 0.2) is 41.0 Å². The Morgan fingerprint density at radius 2 is 2.36 bits per heavy atom. The van der Waals surface area contributed by atoms with Gasteiger partial charge in [-0.3, -0.25) is 0 Å². The molecule has 6 heteroatoms. The number of nitrogens with zero attached hydrogens (tertiary/aromatic N) is 1. The molecule has 0 fully saturated rings. The molecule has 1 aliphatic carbocycles. The van der Waals surface area contributed by atoms with Gasteiger partial charge in [0.05, 0.1) is 31.5 Å². The molecule has 25 heavy (non-hydrogen) atoms. The molecule has 0 aromatic carbocycles. The van der Waals surface area contributed by atoms with Crippen molar-refractivity contribution in [2.45, 2.75) is 38.2 Å². The molecule has 4 nitrogen and oxygen atoms in total. The van der Waals surface area contributed by atoms with Crippen molar-refractivity contribution in [2.24, 2.45) is 5.73 Å². The second-order valence-electron chi connectivity index (χ2n) is 5.74. The number of hydrogen-bond donors (Lipinski definition) is 2. The van der Waals surface area contributed by atoms with Crippen LogP contribution in [-0.2, 0) is 6.54 Å². The van der Waals surface area contributed by atoms with Crippen molar-refractivity contribution in [3.8, 4) is 0 Å². The molecule has 0 saturated heterocycles. The first-order chi connectivity index (χ1) is 14.5. The Balaban J connectivity index is 1.85. The van der Waals surface area contributed by atoms with Gasteiger partial charge in [-0.15, -0.1) is 11.3 Å². The third kappa shape index (κ3) is 3.19. The minimum atomic E-state index is -2.33. The topological polar surface area (TPSA) is 64.1 Å². The Morgan fingerprint density at radius 1 is 1.52 bits per heavy atom. The summed E-state index contributed by atoms with van der Waals surface area (Å²) in [4.78, 5) is 4.89. The van der Waals surface area contributed by atoms with Crippen molar-refractivity contribution < 1.29 is 12.6 Å². The van der Waals surface area contributed by atoms with Gasteiger partial charge in [-0.25, -0.2) is 4.98 Å². The quantitative estimate of drug-likeness (QED) is 0.481. The average Bonchev–Trinajstić information content (AvgIpc) is 3.33. The lowest BCUT2D eigenvalue weighted by atomic mass is 9.87. The highest BCUT2D eigenvalue weighted by atomic mass is 35.5. The molecule has 0 bridgehead atoms. The highest BCUT2D eigenvalue weighted by Crippen LogP contribution is 2.42. The minimum absolute atomic E-state index is 0.252. The normalized spacial score (nSPS) is 28.6. The fraction of sp³-hybridized carbons (Fsp3) is 0.316. The molecule has 0 radical (unpaired) electrons. The second kappa shape index (κ2) is 6.83. The number of thiophene rings is 1. The minimum Gasteiger partial charge on any atom is -0.467 e. The van der Waals surface area contributed by atoms with Crippen LogP contribution in [0.4, 0.5) is 5.69 Å². The van der Waals surface area contributed by atoms with Gasteiger partial charge in [-0.1, -0.05) is 23.7 Å². The van der Waals surface area contributed by atoms with Gasteiger partial charge in [0.1, 0.15) is 10.9 Å². The summed E-state index contributed by atoms with van der Waals surface area (Å²) in [7, 11) is 0. The maximum atomic E-state index is 8.49. The Bertz CT molecular complexity index is 1180. The molecule has 0 aliphatic heterocycles. The molecular formula is C19H20ClN3OS. The van der Waals surface area contributed by atoms with Crippen LogP contribution >= 0.6 is 22.9 Å². The zero-order valence-corrected chi connectivity index (χ0v) is 15.0. The average molecular weight is 380 g/mol. The van der Waals surface area contributed by atoms with E-state index in [1.807, 2.05) is 6.07 Å². The molecule has 0 unspecified atom stereocenters.